The van der Waals surface area contributed by atoms with Crippen LogP contribution in [0.2, 0.25) is 0 Å². The van der Waals surface area contributed by atoms with E-state index in [2.05, 4.69) is 194 Å². The molecule has 5 aliphatic rings. The van der Waals surface area contributed by atoms with E-state index in [1.807, 2.05) is 60.7 Å². The van der Waals surface area contributed by atoms with Gasteiger partial charge < -0.3 is 0 Å². The number of nitrogens with zero attached hydrogens (tertiary/aromatic N) is 9. The number of benzene rings is 9. The number of rotatable bonds is 7. The van der Waals surface area contributed by atoms with Gasteiger partial charge in [-0.3, -0.25) is 0 Å². The van der Waals surface area contributed by atoms with Crippen molar-refractivity contribution < 1.29 is 0 Å². The summed E-state index contributed by atoms with van der Waals surface area (Å²) >= 11 is 0.0284. The predicted molar refractivity (Wildman–Crippen MR) is 321 cm³/mol. The van der Waals surface area contributed by atoms with Crippen LogP contribution in [0, 0.1) is 0 Å². The summed E-state index contributed by atoms with van der Waals surface area (Å²) in [7, 11) is 0. The first kappa shape index (κ1) is 45.1. The van der Waals surface area contributed by atoms with Gasteiger partial charge in [0.05, 0.1) is 0 Å². The van der Waals surface area contributed by atoms with Crippen molar-refractivity contribution in [2.45, 2.75) is 26.2 Å². The third kappa shape index (κ3) is 7.53. The molecule has 0 unspecified atom stereocenters. The fourth-order valence-electron chi connectivity index (χ4n) is 11.3. The van der Waals surface area contributed by atoms with E-state index >= 15 is 0 Å². The van der Waals surface area contributed by atoms with Gasteiger partial charge in [0.1, 0.15) is 0 Å². The number of guanidine groups is 3. The summed E-state index contributed by atoms with van der Waals surface area (Å²) < 4.78 is 2.84. The normalized spacial score (nSPS) is 15.1. The fourth-order valence-corrected chi connectivity index (χ4v) is 14.0. The molecule has 0 saturated carbocycles. The summed E-state index contributed by atoms with van der Waals surface area (Å²) in [5, 5.41) is 1.30. The quantitative estimate of drug-likeness (QED) is 0.149. The van der Waals surface area contributed by atoms with Gasteiger partial charge in [0.2, 0.25) is 0 Å². The van der Waals surface area contributed by atoms with Gasteiger partial charge in [0.25, 0.3) is 0 Å². The molecule has 0 fully saturated rings. The average molecular weight is 1050 g/mol. The molecule has 0 aliphatic carbocycles. The van der Waals surface area contributed by atoms with Crippen LogP contribution in [0.1, 0.15) is 43.0 Å². The van der Waals surface area contributed by atoms with Crippen molar-refractivity contribution in [1.82, 2.24) is 4.90 Å². The first-order valence-corrected chi connectivity index (χ1v) is 27.7. The standard InChI is InChI=1S/C66H46BN9Se/c1-66(2,3)48-39-54-57-55(40-48)75(50-35-30-44(31-36-50)42-20-10-5-11-21-42)58-51-26-16-17-27-56(51)77-59(58)67(57)52-37-32-47(38-53(52)74(54)49-33-28-43(29-34-49)41-18-8-4-9-19-41)62-72-64-70-60(45-22-12-6-13-23-45)68-63-69-61(46-24-14-7-15-25-46)71-65(73-62)76(63)64/h4-40H,1-3H3. The monoisotopic (exact) mass is 1060 g/mol. The van der Waals surface area contributed by atoms with Crippen LogP contribution in [0.15, 0.2) is 254 Å². The Morgan fingerprint density at radius 1 is 0.377 bits per heavy atom. The van der Waals surface area contributed by atoms with Crippen LogP contribution in [0.25, 0.3) is 31.9 Å². The molecule has 0 saturated heterocycles. The van der Waals surface area contributed by atoms with Gasteiger partial charge in [-0.05, 0) is 0 Å². The minimum absolute atomic E-state index is 0.0284. The number of fused-ring (bicyclic) bond motifs is 6. The Morgan fingerprint density at radius 3 is 1.32 bits per heavy atom. The van der Waals surface area contributed by atoms with Crippen LogP contribution < -0.4 is 25.1 Å². The van der Waals surface area contributed by atoms with Crippen LogP contribution in [0.4, 0.5) is 34.1 Å². The molecule has 0 N–H and O–H groups in total. The van der Waals surface area contributed by atoms with E-state index in [0.717, 1.165) is 45.0 Å². The number of amidine groups is 3. The Labute approximate surface area is 452 Å². The minimum atomic E-state index is -0.191. The molecular formula is C66H46BN9Se. The predicted octanol–water partition coefficient (Wildman–Crippen LogP) is 12.7. The maximum absolute atomic E-state index is 5.27. The van der Waals surface area contributed by atoms with Crippen LogP contribution in [-0.4, -0.2) is 61.5 Å². The van der Waals surface area contributed by atoms with Crippen LogP contribution >= 0.6 is 0 Å². The van der Waals surface area contributed by atoms with E-state index in [1.165, 1.54) is 58.5 Å². The molecule has 364 valence electrons. The molecule has 5 aliphatic heterocycles. The molecule has 10 aromatic rings. The summed E-state index contributed by atoms with van der Waals surface area (Å²) in [4.78, 5) is 37.5. The molecule has 0 bridgehead atoms. The van der Waals surface area contributed by atoms with Crippen molar-refractivity contribution in [2.24, 2.45) is 30.0 Å². The molecule has 0 amide bonds. The van der Waals surface area contributed by atoms with E-state index in [0.29, 0.717) is 35.4 Å². The summed E-state index contributed by atoms with van der Waals surface area (Å²) in [6.07, 6.45) is 0. The third-order valence-electron chi connectivity index (χ3n) is 15.1. The third-order valence-corrected chi connectivity index (χ3v) is 17.6. The van der Waals surface area contributed by atoms with Crippen LogP contribution in [-0.2, 0) is 5.41 Å². The van der Waals surface area contributed by atoms with Crippen LogP contribution in [0.5, 0.6) is 0 Å². The Morgan fingerprint density at radius 2 is 0.805 bits per heavy atom. The van der Waals surface area contributed by atoms with Gasteiger partial charge in [0, 0.05) is 0 Å². The molecule has 15 rings (SSSR count). The Balaban J connectivity index is 0.964. The van der Waals surface area contributed by atoms with Crippen LogP contribution in [0.3, 0.4) is 0 Å². The maximum atomic E-state index is 5.27. The fraction of sp³-hybridized carbons (Fsp3) is 0.0606. The first-order chi connectivity index (χ1) is 37.8. The van der Waals surface area contributed by atoms with E-state index < -0.39 is 0 Å². The molecule has 9 aromatic carbocycles. The summed E-state index contributed by atoms with van der Waals surface area (Å²) in [5.41, 5.74) is 17.8. The SMILES string of the molecule is CC(C)(C)c1cc2c3c(c1)N(c1ccc(-c4ccccc4)cc1)c1c([se]c4ccccc14)B3c1ccc(C3=NC4=NC(c5ccccc5)=NC5=NC(c6ccccc6)=NC(=N3)N54)cc1N2c1ccc(-c2ccccc2)cc1. The zero-order chi connectivity index (χ0) is 51.4. The summed E-state index contributed by atoms with van der Waals surface area (Å²) in [6, 6.07) is 80.3. The Bertz CT molecular complexity index is 4190. The summed E-state index contributed by atoms with van der Waals surface area (Å²) in [6.45, 7) is 6.95. The molecule has 1 aromatic heterocycles. The molecule has 0 spiro atoms. The topological polar surface area (TPSA) is 83.9 Å². The second-order valence-electron chi connectivity index (χ2n) is 20.8. The molecule has 77 heavy (non-hydrogen) atoms. The Kier molecular flexibility index (Phi) is 10.4. The number of hydrogen-bond donors (Lipinski definition) is 0. The number of anilines is 6. The average Bonchev–Trinajstić information content (AvgIpc) is 3.91. The number of hydrogen-bond acceptors (Lipinski definition) is 9. The second-order valence-corrected chi connectivity index (χ2v) is 23.1. The van der Waals surface area contributed by atoms with Crippen molar-refractivity contribution >= 4 is 116 Å². The Hall–Kier alpha value is -9.28. The van der Waals surface area contributed by atoms with Gasteiger partial charge in [-0.25, -0.2) is 0 Å². The molecule has 9 nitrogen and oxygen atoms in total. The van der Waals surface area contributed by atoms with Crippen molar-refractivity contribution in [3.05, 3.63) is 247 Å². The van der Waals surface area contributed by atoms with Crippen molar-refractivity contribution in [3.8, 4) is 22.3 Å². The van der Waals surface area contributed by atoms with Gasteiger partial charge in [-0.2, -0.15) is 0 Å². The van der Waals surface area contributed by atoms with E-state index in [1.54, 1.807) is 4.90 Å². The van der Waals surface area contributed by atoms with Gasteiger partial charge in [-0.1, -0.05) is 66.7 Å². The number of aliphatic imine (C=N–C) groups is 6. The van der Waals surface area contributed by atoms with Crippen molar-refractivity contribution in [3.63, 3.8) is 0 Å². The van der Waals surface area contributed by atoms with Crippen molar-refractivity contribution in [1.29, 1.82) is 0 Å². The second kappa shape index (κ2) is 17.7. The van der Waals surface area contributed by atoms with Gasteiger partial charge in [0.15, 0.2) is 0 Å². The first-order valence-electron chi connectivity index (χ1n) is 26.0. The molecular weight excluding hydrogens is 1010 g/mol. The summed E-state index contributed by atoms with van der Waals surface area (Å²) in [5.74, 6) is 2.79. The zero-order valence-electron chi connectivity index (χ0n) is 42.4. The van der Waals surface area contributed by atoms with Crippen molar-refractivity contribution in [2.75, 3.05) is 9.80 Å². The molecule has 11 heteroatoms. The molecule has 0 radical (unpaired) electrons. The molecule has 0 atom stereocenters. The van der Waals surface area contributed by atoms with E-state index in [9.17, 15) is 0 Å². The van der Waals surface area contributed by atoms with Gasteiger partial charge in [-0.15, -0.1) is 0 Å². The van der Waals surface area contributed by atoms with E-state index in [-0.39, 0.29) is 26.6 Å². The zero-order valence-corrected chi connectivity index (χ0v) is 44.1. The van der Waals surface area contributed by atoms with Gasteiger partial charge >= 0.3 is 389 Å². The molecule has 6 heterocycles. The van der Waals surface area contributed by atoms with E-state index in [4.69, 9.17) is 30.0 Å².